The number of ether oxygens (including phenoxy) is 2. The third-order valence-electron chi connectivity index (χ3n) is 9.79. The van der Waals surface area contributed by atoms with E-state index in [2.05, 4.69) is 12.0 Å². The van der Waals surface area contributed by atoms with Gasteiger partial charge in [-0.2, -0.15) is 5.10 Å². The Labute approximate surface area is 198 Å². The Morgan fingerprint density at radius 1 is 1.35 bits per heavy atom. The number of aromatic nitrogens is 2. The minimum Gasteiger partial charge on any atom is -0.393 e. The summed E-state index contributed by atoms with van der Waals surface area (Å²) in [7, 11) is 1.81. The Kier molecular flexibility index (Phi) is 4.73. The third-order valence-corrected chi connectivity index (χ3v) is 9.79. The van der Waals surface area contributed by atoms with Crippen LogP contribution in [0, 0.1) is 28.6 Å². The van der Waals surface area contributed by atoms with Crippen molar-refractivity contribution in [2.24, 2.45) is 35.6 Å². The highest BCUT2D eigenvalue weighted by molar-refractivity contribution is 6.01. The molecular formula is C26H32N2O6. The molecule has 34 heavy (non-hydrogen) atoms. The highest BCUT2D eigenvalue weighted by Gasteiger charge is 2.75. The van der Waals surface area contributed by atoms with Gasteiger partial charge in [0.15, 0.2) is 23.5 Å². The first kappa shape index (κ1) is 22.3. The number of aliphatic hydroxyl groups excluding tert-OH is 2. The number of carbonyl (C=O) groups excluding carboxylic acids is 2. The van der Waals surface area contributed by atoms with Crippen LogP contribution in [0.5, 0.6) is 0 Å². The number of allylic oxidation sites excluding steroid dienone is 4. The van der Waals surface area contributed by atoms with Crippen molar-refractivity contribution >= 4 is 11.6 Å². The lowest BCUT2D eigenvalue weighted by Crippen LogP contribution is -2.63. The van der Waals surface area contributed by atoms with E-state index in [4.69, 9.17) is 9.47 Å². The minimum atomic E-state index is -1.33. The van der Waals surface area contributed by atoms with E-state index >= 15 is 0 Å². The number of hydrogen-bond donors (Lipinski definition) is 2. The zero-order valence-electron chi connectivity index (χ0n) is 19.8. The maximum atomic E-state index is 13.4. The van der Waals surface area contributed by atoms with E-state index < -0.39 is 36.1 Å². The van der Waals surface area contributed by atoms with Crippen LogP contribution in [0.2, 0.25) is 0 Å². The second kappa shape index (κ2) is 7.20. The van der Waals surface area contributed by atoms with Crippen LogP contribution >= 0.6 is 0 Å². The van der Waals surface area contributed by atoms with Crippen LogP contribution in [0.1, 0.15) is 51.4 Å². The first-order valence-corrected chi connectivity index (χ1v) is 12.2. The number of hydrogen-bond acceptors (Lipinski definition) is 7. The van der Waals surface area contributed by atoms with Crippen LogP contribution in [-0.4, -0.2) is 56.0 Å². The fraction of sp³-hybridized carbons (Fsp3) is 0.654. The molecule has 0 spiro atoms. The van der Waals surface area contributed by atoms with Gasteiger partial charge in [-0.15, -0.1) is 0 Å². The van der Waals surface area contributed by atoms with Gasteiger partial charge in [-0.25, -0.2) is 0 Å². The van der Waals surface area contributed by atoms with E-state index in [1.807, 2.05) is 20.0 Å². The molecule has 1 aromatic rings. The summed E-state index contributed by atoms with van der Waals surface area (Å²) < 4.78 is 14.5. The van der Waals surface area contributed by atoms with Crippen molar-refractivity contribution in [2.75, 3.05) is 6.61 Å². The summed E-state index contributed by atoms with van der Waals surface area (Å²) in [4.78, 5) is 25.5. The number of nitrogens with zero attached hydrogens (tertiary/aromatic N) is 2. The van der Waals surface area contributed by atoms with Crippen LogP contribution in [0.4, 0.5) is 0 Å². The molecule has 0 aromatic carbocycles. The lowest BCUT2D eigenvalue weighted by atomic mass is 9.46. The first-order valence-electron chi connectivity index (χ1n) is 12.2. The molecule has 0 radical (unpaired) electrons. The second-order valence-electron chi connectivity index (χ2n) is 11.3. The molecule has 1 aromatic heterocycles. The molecule has 4 fully saturated rings. The van der Waals surface area contributed by atoms with Crippen molar-refractivity contribution < 1.29 is 29.3 Å². The monoisotopic (exact) mass is 468 g/mol. The van der Waals surface area contributed by atoms with Gasteiger partial charge in [-0.1, -0.05) is 25.5 Å². The maximum Gasteiger partial charge on any atom is 0.193 e. The van der Waals surface area contributed by atoms with Gasteiger partial charge in [-0.3, -0.25) is 14.3 Å². The quantitative estimate of drug-likeness (QED) is 0.698. The fourth-order valence-corrected chi connectivity index (χ4v) is 8.40. The molecule has 0 bridgehead atoms. The van der Waals surface area contributed by atoms with Gasteiger partial charge in [0.1, 0.15) is 6.61 Å². The van der Waals surface area contributed by atoms with Gasteiger partial charge >= 0.3 is 0 Å². The molecule has 9 atom stereocenters. The van der Waals surface area contributed by atoms with E-state index in [1.54, 1.807) is 29.2 Å². The molecule has 5 aliphatic rings. The van der Waals surface area contributed by atoms with E-state index in [0.29, 0.717) is 12.8 Å². The molecule has 2 N–H and O–H groups in total. The standard InChI is InChI=1S/C26H32N2O6/c1-24-7-6-16(30)8-15(24)4-5-17-18-9-21-26(20(32)13-29,25(18,2)10-19(31)22(17)24)34-23(33-21)14-11-27-28(3)12-14/h6-8,11-12,17-19,21-23,29,31H,4-5,9-10,13H2,1-3H3/t17-,18-,19-,21+,22+,23+,24-,25-,26+/m0/s1. The Hall–Kier alpha value is -2.13. The summed E-state index contributed by atoms with van der Waals surface area (Å²) in [5, 5.41) is 25.8. The van der Waals surface area contributed by atoms with Gasteiger partial charge < -0.3 is 19.7 Å². The Balaban J connectivity index is 1.40. The van der Waals surface area contributed by atoms with Crippen LogP contribution < -0.4 is 0 Å². The molecule has 3 saturated carbocycles. The Bertz CT molecular complexity index is 1120. The van der Waals surface area contributed by atoms with Crippen molar-refractivity contribution in [1.82, 2.24) is 9.78 Å². The first-order chi connectivity index (χ1) is 16.1. The van der Waals surface area contributed by atoms with Gasteiger partial charge in [0.25, 0.3) is 0 Å². The van der Waals surface area contributed by atoms with Crippen LogP contribution in [0.3, 0.4) is 0 Å². The fourth-order valence-electron chi connectivity index (χ4n) is 8.40. The number of aryl methyl sites for hydroxylation is 1. The lowest BCUT2D eigenvalue weighted by molar-refractivity contribution is -0.201. The average Bonchev–Trinajstić information content (AvgIpc) is 3.45. The van der Waals surface area contributed by atoms with Crippen LogP contribution in [0.15, 0.2) is 36.2 Å². The predicted octanol–water partition coefficient (Wildman–Crippen LogP) is 2.02. The zero-order chi connectivity index (χ0) is 24.0. The number of Topliss-reactive ketones (excluding diaryl/α,β-unsaturated/α-hetero) is 1. The lowest BCUT2D eigenvalue weighted by Gasteiger charge is -2.59. The topological polar surface area (TPSA) is 111 Å². The number of ketones is 2. The molecule has 0 amide bonds. The molecule has 6 rings (SSSR count). The van der Waals surface area contributed by atoms with Crippen molar-refractivity contribution in [3.8, 4) is 0 Å². The maximum absolute atomic E-state index is 13.4. The number of carbonyl (C=O) groups is 2. The molecule has 0 unspecified atom stereocenters. The van der Waals surface area contributed by atoms with E-state index in [9.17, 15) is 19.8 Å². The van der Waals surface area contributed by atoms with Crippen LogP contribution in [-0.2, 0) is 26.1 Å². The normalized spacial score (nSPS) is 47.0. The summed E-state index contributed by atoms with van der Waals surface area (Å²) in [6, 6.07) is 0. The second-order valence-corrected chi connectivity index (χ2v) is 11.3. The van der Waals surface area contributed by atoms with Gasteiger partial charge in [-0.05, 0) is 49.7 Å². The highest BCUT2D eigenvalue weighted by Crippen LogP contribution is 2.70. The van der Waals surface area contributed by atoms with Crippen LogP contribution in [0.25, 0.3) is 0 Å². The SMILES string of the molecule is Cn1cc([C@@H]2O[C@@H]3C[C@H]4[C@@H]5CCC6=CC(=O)C=C[C@]6(C)[C@H]5[C@@H](O)C[C@]4(C)[C@]3(C(=O)CO)O2)cn1. The Morgan fingerprint density at radius 2 is 2.15 bits per heavy atom. The summed E-state index contributed by atoms with van der Waals surface area (Å²) in [5.74, 6) is -0.200. The highest BCUT2D eigenvalue weighted by atomic mass is 16.7. The number of fused-ring (bicyclic) bond motifs is 7. The van der Waals surface area contributed by atoms with Gasteiger partial charge in [0, 0.05) is 35.6 Å². The van der Waals surface area contributed by atoms with Gasteiger partial charge in [0.05, 0.1) is 18.4 Å². The molecule has 182 valence electrons. The zero-order valence-corrected chi connectivity index (χ0v) is 19.8. The molecule has 8 heteroatoms. The largest absolute Gasteiger partial charge is 0.393 e. The summed E-state index contributed by atoms with van der Waals surface area (Å²) in [6.45, 7) is 3.52. The smallest absolute Gasteiger partial charge is 0.193 e. The van der Waals surface area contributed by atoms with Crippen molar-refractivity contribution in [3.05, 3.63) is 41.8 Å². The average molecular weight is 469 g/mol. The third kappa shape index (κ3) is 2.65. The van der Waals surface area contributed by atoms with Gasteiger partial charge in [0.2, 0.25) is 0 Å². The number of rotatable bonds is 3. The predicted molar refractivity (Wildman–Crippen MR) is 120 cm³/mol. The molecule has 4 aliphatic carbocycles. The molecule has 2 heterocycles. The molecule has 1 aliphatic heterocycles. The Morgan fingerprint density at radius 3 is 2.85 bits per heavy atom. The molecule has 8 nitrogen and oxygen atoms in total. The van der Waals surface area contributed by atoms with Crippen molar-refractivity contribution in [1.29, 1.82) is 0 Å². The number of aliphatic hydroxyl groups is 2. The molecule has 1 saturated heterocycles. The summed E-state index contributed by atoms with van der Waals surface area (Å²) in [5.41, 5.74) is -0.584. The van der Waals surface area contributed by atoms with Crippen molar-refractivity contribution in [3.63, 3.8) is 0 Å². The van der Waals surface area contributed by atoms with E-state index in [1.165, 1.54) is 0 Å². The van der Waals surface area contributed by atoms with E-state index in [0.717, 1.165) is 24.0 Å². The minimum absolute atomic E-state index is 0.00667. The summed E-state index contributed by atoms with van der Waals surface area (Å²) in [6.07, 6.45) is 9.51. The van der Waals surface area contributed by atoms with E-state index in [-0.39, 0.29) is 34.7 Å². The molecular weight excluding hydrogens is 436 g/mol. The van der Waals surface area contributed by atoms with Crippen molar-refractivity contribution in [2.45, 2.75) is 63.6 Å². The summed E-state index contributed by atoms with van der Waals surface area (Å²) >= 11 is 0.